The van der Waals surface area contributed by atoms with Crippen molar-refractivity contribution in [3.05, 3.63) is 72.1 Å². The van der Waals surface area contributed by atoms with Crippen LogP contribution in [-0.2, 0) is 26.1 Å². The van der Waals surface area contributed by atoms with E-state index in [1.165, 1.54) is 5.56 Å². The number of aliphatic imine (C=N–C) groups is 1. The zero-order chi connectivity index (χ0) is 20.6. The van der Waals surface area contributed by atoms with E-state index in [0.717, 1.165) is 63.2 Å². The number of piperazine rings is 1. The van der Waals surface area contributed by atoms with E-state index in [4.69, 9.17) is 4.52 Å². The second-order valence-electron chi connectivity index (χ2n) is 7.43. The molecule has 0 saturated carbocycles. The van der Waals surface area contributed by atoms with Gasteiger partial charge in [0.25, 0.3) is 0 Å². The van der Waals surface area contributed by atoms with Crippen LogP contribution in [0.5, 0.6) is 0 Å². The Morgan fingerprint density at radius 2 is 1.94 bits per heavy atom. The van der Waals surface area contributed by atoms with Crippen molar-refractivity contribution in [3.63, 3.8) is 0 Å². The Morgan fingerprint density at radius 3 is 2.65 bits per heavy atom. The van der Waals surface area contributed by atoms with E-state index in [1.807, 2.05) is 25.5 Å². The van der Waals surface area contributed by atoms with Crippen LogP contribution in [-0.4, -0.2) is 63.7 Å². The standard InChI is InChI=1S/C22H29N7O.HI/c1-23-22(29-14-12-27(13-15-29)18-20-8-16-30-26-20)25-17-21-24-9-11-28(21)10-7-19-5-3-2-4-6-19;/h2-6,8-9,11,16H,7,10,12-15,17-18H2,1H3,(H,23,25);1H. The van der Waals surface area contributed by atoms with Gasteiger partial charge < -0.3 is 19.3 Å². The number of halogens is 1. The van der Waals surface area contributed by atoms with Gasteiger partial charge in [0.15, 0.2) is 5.96 Å². The number of aromatic nitrogens is 3. The van der Waals surface area contributed by atoms with Crippen molar-refractivity contribution in [2.24, 2.45) is 4.99 Å². The van der Waals surface area contributed by atoms with Gasteiger partial charge in [-0.1, -0.05) is 35.5 Å². The van der Waals surface area contributed by atoms with Gasteiger partial charge >= 0.3 is 0 Å². The first-order valence-electron chi connectivity index (χ1n) is 10.4. The molecule has 1 aliphatic rings. The molecule has 0 radical (unpaired) electrons. The summed E-state index contributed by atoms with van der Waals surface area (Å²) < 4.78 is 7.14. The minimum atomic E-state index is 0. The van der Waals surface area contributed by atoms with Crippen LogP contribution in [0.4, 0.5) is 0 Å². The molecule has 31 heavy (non-hydrogen) atoms. The predicted molar refractivity (Wildman–Crippen MR) is 131 cm³/mol. The highest BCUT2D eigenvalue weighted by atomic mass is 127. The second kappa shape index (κ2) is 11.8. The van der Waals surface area contributed by atoms with Gasteiger partial charge in [0.1, 0.15) is 12.1 Å². The highest BCUT2D eigenvalue weighted by Gasteiger charge is 2.20. The number of rotatable bonds is 7. The number of hydrogen-bond acceptors (Lipinski definition) is 5. The van der Waals surface area contributed by atoms with Gasteiger partial charge in [0.2, 0.25) is 0 Å². The summed E-state index contributed by atoms with van der Waals surface area (Å²) in [7, 11) is 1.84. The summed E-state index contributed by atoms with van der Waals surface area (Å²) in [6.45, 7) is 6.21. The van der Waals surface area contributed by atoms with Gasteiger partial charge in [-0.05, 0) is 12.0 Å². The molecule has 1 fully saturated rings. The van der Waals surface area contributed by atoms with Crippen LogP contribution in [0.1, 0.15) is 17.1 Å². The molecular weight excluding hydrogens is 505 g/mol. The quantitative estimate of drug-likeness (QED) is 0.285. The van der Waals surface area contributed by atoms with Crippen molar-refractivity contribution in [2.45, 2.75) is 26.1 Å². The maximum Gasteiger partial charge on any atom is 0.194 e. The van der Waals surface area contributed by atoms with E-state index in [9.17, 15) is 0 Å². The van der Waals surface area contributed by atoms with Crippen molar-refractivity contribution >= 4 is 29.9 Å². The molecule has 0 aliphatic carbocycles. The lowest BCUT2D eigenvalue weighted by Gasteiger charge is -2.36. The van der Waals surface area contributed by atoms with Gasteiger partial charge in [0.05, 0.1) is 12.2 Å². The topological polar surface area (TPSA) is 74.7 Å². The molecule has 0 bridgehead atoms. The van der Waals surface area contributed by atoms with Gasteiger partial charge in [-0.2, -0.15) is 0 Å². The van der Waals surface area contributed by atoms with Crippen LogP contribution < -0.4 is 5.32 Å². The maximum absolute atomic E-state index is 4.93. The number of nitrogens with one attached hydrogen (secondary N) is 1. The van der Waals surface area contributed by atoms with E-state index in [2.05, 4.69) is 65.1 Å². The molecule has 2 aromatic heterocycles. The lowest BCUT2D eigenvalue weighted by atomic mass is 10.1. The van der Waals surface area contributed by atoms with Gasteiger partial charge in [-0.15, -0.1) is 24.0 Å². The Balaban J connectivity index is 0.00000272. The largest absolute Gasteiger partial charge is 0.364 e. The Morgan fingerprint density at radius 1 is 1.13 bits per heavy atom. The molecule has 8 nitrogen and oxygen atoms in total. The molecule has 166 valence electrons. The molecule has 0 amide bonds. The molecule has 1 N–H and O–H groups in total. The highest BCUT2D eigenvalue weighted by Crippen LogP contribution is 2.08. The number of nitrogens with zero attached hydrogens (tertiary/aromatic N) is 6. The molecule has 0 spiro atoms. The lowest BCUT2D eigenvalue weighted by molar-refractivity contribution is 0.169. The summed E-state index contributed by atoms with van der Waals surface area (Å²) in [6.07, 6.45) is 6.53. The summed E-state index contributed by atoms with van der Waals surface area (Å²) in [5.41, 5.74) is 2.32. The smallest absolute Gasteiger partial charge is 0.194 e. The van der Waals surface area contributed by atoms with Crippen LogP contribution in [0.15, 0.2) is 64.6 Å². The third kappa shape index (κ3) is 6.54. The summed E-state index contributed by atoms with van der Waals surface area (Å²) in [4.78, 5) is 13.7. The Bertz CT molecular complexity index is 919. The van der Waals surface area contributed by atoms with Crippen molar-refractivity contribution in [1.29, 1.82) is 0 Å². The number of imidazole rings is 1. The van der Waals surface area contributed by atoms with Crippen LogP contribution in [0.3, 0.4) is 0 Å². The average molecular weight is 535 g/mol. The molecule has 1 aromatic carbocycles. The molecule has 3 heterocycles. The van der Waals surface area contributed by atoms with Crippen LogP contribution in [0, 0.1) is 0 Å². The molecular formula is C22H30IN7O. The first-order valence-corrected chi connectivity index (χ1v) is 10.4. The molecule has 0 unspecified atom stereocenters. The maximum atomic E-state index is 4.93. The zero-order valence-corrected chi connectivity index (χ0v) is 20.2. The number of aryl methyl sites for hydroxylation is 2. The second-order valence-corrected chi connectivity index (χ2v) is 7.43. The molecule has 9 heteroatoms. The van der Waals surface area contributed by atoms with E-state index < -0.39 is 0 Å². The highest BCUT2D eigenvalue weighted by molar-refractivity contribution is 14.0. The average Bonchev–Trinajstić information content (AvgIpc) is 3.46. The fourth-order valence-electron chi connectivity index (χ4n) is 3.76. The van der Waals surface area contributed by atoms with Crippen molar-refractivity contribution in [3.8, 4) is 0 Å². The monoisotopic (exact) mass is 535 g/mol. The summed E-state index contributed by atoms with van der Waals surface area (Å²) >= 11 is 0. The third-order valence-electron chi connectivity index (χ3n) is 5.45. The molecule has 4 rings (SSSR count). The van der Waals surface area contributed by atoms with Gasteiger partial charge in [-0.25, -0.2) is 4.98 Å². The summed E-state index contributed by atoms with van der Waals surface area (Å²) in [5, 5.41) is 7.49. The zero-order valence-electron chi connectivity index (χ0n) is 17.9. The predicted octanol–water partition coefficient (Wildman–Crippen LogP) is 2.63. The molecule has 0 atom stereocenters. The fourth-order valence-corrected chi connectivity index (χ4v) is 3.76. The lowest BCUT2D eigenvalue weighted by Crippen LogP contribution is -2.52. The van der Waals surface area contributed by atoms with Gasteiger partial charge in [0, 0.05) is 64.8 Å². The van der Waals surface area contributed by atoms with E-state index in [1.54, 1.807) is 6.26 Å². The molecule has 1 saturated heterocycles. The normalized spacial score (nSPS) is 15.0. The number of guanidine groups is 1. The Kier molecular flexibility index (Phi) is 8.89. The first kappa shape index (κ1) is 23.3. The molecule has 1 aliphatic heterocycles. The summed E-state index contributed by atoms with van der Waals surface area (Å²) in [6, 6.07) is 12.5. The van der Waals surface area contributed by atoms with E-state index in [0.29, 0.717) is 6.54 Å². The number of hydrogen-bond donors (Lipinski definition) is 1. The van der Waals surface area contributed by atoms with Crippen molar-refractivity contribution < 1.29 is 4.52 Å². The number of benzene rings is 1. The minimum absolute atomic E-state index is 0. The Labute approximate surface area is 200 Å². The van der Waals surface area contributed by atoms with Crippen LogP contribution in [0.2, 0.25) is 0 Å². The SMILES string of the molecule is CN=C(NCc1nccn1CCc1ccccc1)N1CCN(Cc2ccon2)CC1.I. The Hall–Kier alpha value is -2.40. The van der Waals surface area contributed by atoms with E-state index >= 15 is 0 Å². The van der Waals surface area contributed by atoms with Gasteiger partial charge in [-0.3, -0.25) is 9.89 Å². The first-order chi connectivity index (χ1) is 14.8. The minimum Gasteiger partial charge on any atom is -0.364 e. The van der Waals surface area contributed by atoms with Crippen LogP contribution >= 0.6 is 24.0 Å². The van der Waals surface area contributed by atoms with Crippen molar-refractivity contribution in [2.75, 3.05) is 33.2 Å². The fraction of sp³-hybridized carbons (Fsp3) is 0.409. The van der Waals surface area contributed by atoms with Crippen molar-refractivity contribution in [1.82, 2.24) is 29.8 Å². The molecule has 3 aromatic rings. The third-order valence-corrected chi connectivity index (χ3v) is 5.45. The summed E-state index contributed by atoms with van der Waals surface area (Å²) in [5.74, 6) is 1.95. The van der Waals surface area contributed by atoms with E-state index in [-0.39, 0.29) is 24.0 Å². The van der Waals surface area contributed by atoms with Crippen LogP contribution in [0.25, 0.3) is 0 Å².